The summed E-state index contributed by atoms with van der Waals surface area (Å²) in [5, 5.41) is 0. The van der Waals surface area contributed by atoms with Crippen molar-refractivity contribution in [2.75, 3.05) is 6.54 Å². The number of benzene rings is 2. The predicted molar refractivity (Wildman–Crippen MR) is 87.2 cm³/mol. The summed E-state index contributed by atoms with van der Waals surface area (Å²) in [7, 11) is 0. The van der Waals surface area contributed by atoms with E-state index in [4.69, 9.17) is 18.0 Å². The fourth-order valence-electron chi connectivity index (χ4n) is 2.73. The van der Waals surface area contributed by atoms with Crippen molar-refractivity contribution in [3.8, 4) is 0 Å². The van der Waals surface area contributed by atoms with Crippen molar-refractivity contribution >= 4 is 23.1 Å². The van der Waals surface area contributed by atoms with Crippen molar-refractivity contribution < 1.29 is 4.79 Å². The zero-order valence-corrected chi connectivity index (χ0v) is 12.4. The van der Waals surface area contributed by atoms with Crippen LogP contribution in [0, 0.1) is 0 Å². The highest BCUT2D eigenvalue weighted by Gasteiger charge is 2.24. The maximum absolute atomic E-state index is 12.6. The molecule has 0 spiro atoms. The quantitative estimate of drug-likeness (QED) is 0.885. The van der Waals surface area contributed by atoms with Crippen LogP contribution in [-0.2, 0) is 13.0 Å². The molecule has 0 atom stereocenters. The zero-order valence-electron chi connectivity index (χ0n) is 11.6. The van der Waals surface area contributed by atoms with Crippen LogP contribution in [0.15, 0.2) is 48.5 Å². The predicted octanol–water partition coefficient (Wildman–Crippen LogP) is 2.52. The lowest BCUT2D eigenvalue weighted by atomic mass is 9.98. The van der Waals surface area contributed by atoms with Crippen LogP contribution in [0.4, 0.5) is 0 Å². The molecule has 106 valence electrons. The van der Waals surface area contributed by atoms with Gasteiger partial charge in [0, 0.05) is 24.2 Å². The lowest BCUT2D eigenvalue weighted by Crippen LogP contribution is -2.37. The van der Waals surface area contributed by atoms with Crippen molar-refractivity contribution in [1.29, 1.82) is 0 Å². The topological polar surface area (TPSA) is 46.3 Å². The van der Waals surface area contributed by atoms with Crippen LogP contribution in [0.2, 0.25) is 0 Å². The van der Waals surface area contributed by atoms with Crippen LogP contribution >= 0.6 is 12.2 Å². The van der Waals surface area contributed by atoms with E-state index in [2.05, 4.69) is 0 Å². The summed E-state index contributed by atoms with van der Waals surface area (Å²) in [4.78, 5) is 14.8. The van der Waals surface area contributed by atoms with Gasteiger partial charge in [0.05, 0.1) is 0 Å². The molecule has 0 aliphatic carbocycles. The average Bonchev–Trinajstić information content (AvgIpc) is 2.51. The van der Waals surface area contributed by atoms with Crippen LogP contribution in [0.3, 0.4) is 0 Å². The minimum Gasteiger partial charge on any atom is -0.389 e. The van der Waals surface area contributed by atoms with E-state index in [0.29, 0.717) is 11.5 Å². The number of thiocarbonyl (C=S) groups is 1. The maximum Gasteiger partial charge on any atom is 0.254 e. The first kappa shape index (κ1) is 13.8. The molecule has 0 aromatic heterocycles. The van der Waals surface area contributed by atoms with E-state index >= 15 is 0 Å². The van der Waals surface area contributed by atoms with Gasteiger partial charge < -0.3 is 10.6 Å². The highest BCUT2D eigenvalue weighted by Crippen LogP contribution is 2.21. The van der Waals surface area contributed by atoms with Crippen molar-refractivity contribution in [2.24, 2.45) is 5.73 Å². The second kappa shape index (κ2) is 5.66. The first-order valence-corrected chi connectivity index (χ1v) is 7.32. The van der Waals surface area contributed by atoms with Gasteiger partial charge in [-0.05, 0) is 23.6 Å². The van der Waals surface area contributed by atoms with Gasteiger partial charge in [0.25, 0.3) is 5.91 Å². The summed E-state index contributed by atoms with van der Waals surface area (Å²) >= 11 is 5.08. The molecule has 0 saturated carbocycles. The van der Waals surface area contributed by atoms with Gasteiger partial charge in [-0.2, -0.15) is 0 Å². The molecule has 1 aliphatic rings. The molecule has 0 saturated heterocycles. The number of amides is 1. The Kier molecular flexibility index (Phi) is 3.71. The minimum atomic E-state index is 0.0783. The monoisotopic (exact) mass is 296 g/mol. The normalized spacial score (nSPS) is 13.9. The first-order chi connectivity index (χ1) is 10.2. The Labute approximate surface area is 129 Å². The Morgan fingerprint density at radius 3 is 2.67 bits per heavy atom. The molecule has 0 radical (unpaired) electrons. The summed E-state index contributed by atoms with van der Waals surface area (Å²) in [6.45, 7) is 1.27. The van der Waals surface area contributed by atoms with Crippen LogP contribution in [-0.4, -0.2) is 22.3 Å². The molecule has 21 heavy (non-hydrogen) atoms. The van der Waals surface area contributed by atoms with Crippen LogP contribution in [0.5, 0.6) is 0 Å². The van der Waals surface area contributed by atoms with Gasteiger partial charge in [0.2, 0.25) is 0 Å². The average molecular weight is 296 g/mol. The first-order valence-electron chi connectivity index (χ1n) is 6.91. The summed E-state index contributed by atoms with van der Waals surface area (Å²) in [5.74, 6) is 0.0783. The molecule has 3 nitrogen and oxygen atoms in total. The number of hydrogen-bond acceptors (Lipinski definition) is 2. The number of nitrogens with zero attached hydrogens (tertiary/aromatic N) is 1. The fourth-order valence-corrected chi connectivity index (χ4v) is 2.93. The molecule has 0 fully saturated rings. The number of fused-ring (bicyclic) bond motifs is 1. The molecule has 1 aliphatic heterocycles. The Morgan fingerprint density at radius 2 is 1.86 bits per heavy atom. The minimum absolute atomic E-state index is 0.0783. The molecule has 1 amide bonds. The van der Waals surface area contributed by atoms with Crippen molar-refractivity contribution in [3.63, 3.8) is 0 Å². The third-order valence-corrected chi connectivity index (χ3v) is 4.05. The second-order valence-corrected chi connectivity index (χ2v) is 5.60. The third kappa shape index (κ3) is 2.67. The number of hydrogen-bond donors (Lipinski definition) is 1. The van der Waals surface area contributed by atoms with Gasteiger partial charge >= 0.3 is 0 Å². The second-order valence-electron chi connectivity index (χ2n) is 5.16. The summed E-state index contributed by atoms with van der Waals surface area (Å²) in [5.41, 5.74) is 9.53. The van der Waals surface area contributed by atoms with Gasteiger partial charge in [0.15, 0.2) is 0 Å². The fraction of sp³-hybridized carbons (Fsp3) is 0.176. The zero-order chi connectivity index (χ0) is 14.8. The SMILES string of the molecule is NC(=S)c1ccccc1CN1CCc2ccccc2C1=O. The van der Waals surface area contributed by atoms with Gasteiger partial charge in [-0.1, -0.05) is 54.7 Å². The van der Waals surface area contributed by atoms with Crippen LogP contribution in [0.1, 0.15) is 27.0 Å². The Bertz CT molecular complexity index is 711. The molecule has 2 aromatic carbocycles. The Morgan fingerprint density at radius 1 is 1.14 bits per heavy atom. The van der Waals surface area contributed by atoms with E-state index < -0.39 is 0 Å². The highest BCUT2D eigenvalue weighted by molar-refractivity contribution is 7.80. The van der Waals surface area contributed by atoms with E-state index in [-0.39, 0.29) is 5.91 Å². The Hall–Kier alpha value is -2.20. The van der Waals surface area contributed by atoms with Gasteiger partial charge in [0.1, 0.15) is 4.99 Å². The summed E-state index contributed by atoms with van der Waals surface area (Å²) in [6, 6.07) is 15.5. The van der Waals surface area contributed by atoms with E-state index in [1.165, 1.54) is 0 Å². The molecule has 2 N–H and O–H groups in total. The molecular weight excluding hydrogens is 280 g/mol. The maximum atomic E-state index is 12.6. The van der Waals surface area contributed by atoms with E-state index in [9.17, 15) is 4.79 Å². The van der Waals surface area contributed by atoms with Gasteiger partial charge in [-0.25, -0.2) is 0 Å². The van der Waals surface area contributed by atoms with Gasteiger partial charge in [-0.3, -0.25) is 4.79 Å². The summed E-state index contributed by atoms with van der Waals surface area (Å²) in [6.07, 6.45) is 0.886. The lowest BCUT2D eigenvalue weighted by molar-refractivity contribution is 0.0727. The molecule has 3 rings (SSSR count). The smallest absolute Gasteiger partial charge is 0.254 e. The lowest BCUT2D eigenvalue weighted by Gasteiger charge is -2.29. The van der Waals surface area contributed by atoms with E-state index in [0.717, 1.165) is 35.2 Å². The van der Waals surface area contributed by atoms with Gasteiger partial charge in [-0.15, -0.1) is 0 Å². The van der Waals surface area contributed by atoms with Crippen molar-refractivity contribution in [3.05, 3.63) is 70.8 Å². The molecule has 0 unspecified atom stereocenters. The number of rotatable bonds is 3. The highest BCUT2D eigenvalue weighted by atomic mass is 32.1. The number of nitrogens with two attached hydrogens (primary N) is 1. The molecule has 4 heteroatoms. The van der Waals surface area contributed by atoms with E-state index in [1.807, 2.05) is 53.4 Å². The Balaban J connectivity index is 1.88. The van der Waals surface area contributed by atoms with Crippen LogP contribution in [0.25, 0.3) is 0 Å². The van der Waals surface area contributed by atoms with Crippen molar-refractivity contribution in [2.45, 2.75) is 13.0 Å². The van der Waals surface area contributed by atoms with E-state index in [1.54, 1.807) is 0 Å². The molecule has 1 heterocycles. The molecule has 0 bridgehead atoms. The largest absolute Gasteiger partial charge is 0.389 e. The van der Waals surface area contributed by atoms with Crippen molar-refractivity contribution in [1.82, 2.24) is 4.90 Å². The number of carbonyl (C=O) groups excluding carboxylic acids is 1. The summed E-state index contributed by atoms with van der Waals surface area (Å²) < 4.78 is 0. The standard InChI is InChI=1S/C17H16N2OS/c18-16(21)14-7-3-2-6-13(14)11-19-10-9-12-5-1-4-8-15(12)17(19)20/h1-8H,9-11H2,(H2,18,21). The third-order valence-electron chi connectivity index (χ3n) is 3.83. The number of carbonyl (C=O) groups is 1. The molecule has 2 aromatic rings. The van der Waals surface area contributed by atoms with Crippen LogP contribution < -0.4 is 5.73 Å². The molecular formula is C17H16N2OS.